The highest BCUT2D eigenvalue weighted by atomic mass is 16.6. The molecule has 1 saturated heterocycles. The molecule has 0 bridgehead atoms. The Labute approximate surface area is 76.5 Å². The van der Waals surface area contributed by atoms with Crippen LogP contribution >= 0.6 is 0 Å². The largest absolute Gasteiger partial charge is 0.370 e. The van der Waals surface area contributed by atoms with E-state index >= 15 is 0 Å². The normalized spacial score (nSPS) is 35.2. The molecule has 0 aromatic heterocycles. The van der Waals surface area contributed by atoms with Gasteiger partial charge in [-0.15, -0.1) is 0 Å². The van der Waals surface area contributed by atoms with Gasteiger partial charge in [-0.2, -0.15) is 0 Å². The van der Waals surface area contributed by atoms with Crippen molar-refractivity contribution in [3.63, 3.8) is 0 Å². The molecule has 1 heterocycles. The lowest BCUT2D eigenvalue weighted by molar-refractivity contribution is 0.385. The molecule has 0 radical (unpaired) electrons. The van der Waals surface area contributed by atoms with Gasteiger partial charge >= 0.3 is 0 Å². The molecule has 12 heavy (non-hydrogen) atoms. The molecule has 1 saturated carbocycles. The number of epoxide rings is 1. The molecule has 2 aliphatic rings. The lowest BCUT2D eigenvalue weighted by Crippen LogP contribution is -1.99. The summed E-state index contributed by atoms with van der Waals surface area (Å²) in [4.78, 5) is 0. The van der Waals surface area contributed by atoms with Crippen LogP contribution in [0.4, 0.5) is 0 Å². The summed E-state index contributed by atoms with van der Waals surface area (Å²) in [5, 5.41) is 0. The van der Waals surface area contributed by atoms with Crippen molar-refractivity contribution in [1.82, 2.24) is 0 Å². The Kier molecular flexibility index (Phi) is 4.07. The molecule has 0 spiro atoms. The van der Waals surface area contributed by atoms with E-state index in [1.807, 2.05) is 0 Å². The van der Waals surface area contributed by atoms with Crippen LogP contribution in [-0.2, 0) is 4.74 Å². The van der Waals surface area contributed by atoms with E-state index in [2.05, 4.69) is 20.8 Å². The number of rotatable bonds is 0. The predicted molar refractivity (Wildman–Crippen MR) is 52.3 cm³/mol. The highest BCUT2D eigenvalue weighted by Crippen LogP contribution is 2.22. The minimum absolute atomic E-state index is 0.551. The maximum Gasteiger partial charge on any atom is 0.0811 e. The molecule has 0 aromatic rings. The van der Waals surface area contributed by atoms with Gasteiger partial charge in [-0.3, -0.25) is 0 Å². The Morgan fingerprint density at radius 3 is 1.42 bits per heavy atom. The van der Waals surface area contributed by atoms with E-state index < -0.39 is 0 Å². The van der Waals surface area contributed by atoms with Crippen molar-refractivity contribution in [1.29, 1.82) is 0 Å². The smallest absolute Gasteiger partial charge is 0.0811 e. The lowest BCUT2D eigenvalue weighted by atomic mass is 9.91. The summed E-state index contributed by atoms with van der Waals surface area (Å²) in [7, 11) is 0. The number of hydrogen-bond acceptors (Lipinski definition) is 1. The van der Waals surface area contributed by atoms with E-state index in [0.29, 0.717) is 12.2 Å². The molecule has 1 aliphatic carbocycles. The minimum Gasteiger partial charge on any atom is -0.370 e. The van der Waals surface area contributed by atoms with Crippen molar-refractivity contribution in [3.8, 4) is 0 Å². The zero-order chi connectivity index (χ0) is 8.97. The summed E-state index contributed by atoms with van der Waals surface area (Å²) < 4.78 is 4.92. The molecule has 1 aliphatic heterocycles. The van der Waals surface area contributed by atoms with E-state index in [-0.39, 0.29) is 0 Å². The zero-order valence-electron chi connectivity index (χ0n) is 8.68. The molecule has 1 heteroatoms. The monoisotopic (exact) mass is 170 g/mol. The second kappa shape index (κ2) is 4.86. The Bertz CT molecular complexity index is 110. The van der Waals surface area contributed by atoms with Crippen LogP contribution in [0.15, 0.2) is 0 Å². The van der Waals surface area contributed by atoms with E-state index in [1.54, 1.807) is 0 Å². The fourth-order valence-corrected chi connectivity index (χ4v) is 1.60. The van der Waals surface area contributed by atoms with Crippen molar-refractivity contribution in [2.45, 2.75) is 65.1 Å². The molecule has 2 fully saturated rings. The summed E-state index contributed by atoms with van der Waals surface area (Å²) in [6.45, 7) is 6.51. The molecule has 1 nitrogen and oxygen atoms in total. The minimum atomic E-state index is 0.551. The quantitative estimate of drug-likeness (QED) is 0.508. The number of ether oxygens (including phenoxy) is 1. The third-order valence-corrected chi connectivity index (χ3v) is 2.91. The molecule has 72 valence electrons. The van der Waals surface area contributed by atoms with Crippen molar-refractivity contribution in [2.75, 3.05) is 0 Å². The van der Waals surface area contributed by atoms with Crippen LogP contribution in [0.25, 0.3) is 0 Å². The average Bonchev–Trinajstić information content (AvgIpc) is 2.67. The summed E-state index contributed by atoms with van der Waals surface area (Å²) >= 11 is 0. The summed E-state index contributed by atoms with van der Waals surface area (Å²) in [6.07, 6.45) is 8.54. The highest BCUT2D eigenvalue weighted by molar-refractivity contribution is 4.73. The number of hydrogen-bond donors (Lipinski definition) is 0. The van der Waals surface area contributed by atoms with Crippen LogP contribution in [0, 0.1) is 5.92 Å². The third kappa shape index (κ3) is 4.10. The molecule has 2 atom stereocenters. The van der Waals surface area contributed by atoms with Crippen LogP contribution < -0.4 is 0 Å². The summed E-state index contributed by atoms with van der Waals surface area (Å²) in [5.74, 6) is 1.04. The Balaban J connectivity index is 0.000000127. The Morgan fingerprint density at radius 1 is 0.833 bits per heavy atom. The topological polar surface area (TPSA) is 12.5 Å². The molecular weight excluding hydrogens is 148 g/mol. The maximum absolute atomic E-state index is 4.92. The van der Waals surface area contributed by atoms with Gasteiger partial charge in [-0.1, -0.05) is 39.0 Å². The fourth-order valence-electron chi connectivity index (χ4n) is 1.60. The molecule has 0 amide bonds. The molecule has 2 rings (SSSR count). The first-order valence-corrected chi connectivity index (χ1v) is 5.35. The van der Waals surface area contributed by atoms with Gasteiger partial charge in [-0.25, -0.2) is 0 Å². The van der Waals surface area contributed by atoms with Crippen LogP contribution in [-0.4, -0.2) is 12.2 Å². The van der Waals surface area contributed by atoms with Gasteiger partial charge in [0.25, 0.3) is 0 Å². The Morgan fingerprint density at radius 2 is 1.25 bits per heavy atom. The van der Waals surface area contributed by atoms with Gasteiger partial charge in [0.15, 0.2) is 0 Å². The van der Waals surface area contributed by atoms with E-state index in [9.17, 15) is 0 Å². The maximum atomic E-state index is 4.92. The molecular formula is C11H22O. The average molecular weight is 170 g/mol. The standard InChI is InChI=1S/C7H14.C4H8O/c1-7-5-3-2-4-6-7;1-3-4(2)5-3/h7H,2-6H2,1H3;3-4H,1-2H3. The lowest BCUT2D eigenvalue weighted by Gasteiger charge is -2.15. The zero-order valence-corrected chi connectivity index (χ0v) is 8.68. The molecule has 2 unspecified atom stereocenters. The summed E-state index contributed by atoms with van der Waals surface area (Å²) in [6, 6.07) is 0. The fraction of sp³-hybridized carbons (Fsp3) is 1.00. The van der Waals surface area contributed by atoms with Gasteiger partial charge in [0.2, 0.25) is 0 Å². The SMILES string of the molecule is CC1CCCCC1.CC1OC1C. The van der Waals surface area contributed by atoms with Gasteiger partial charge in [-0.05, 0) is 19.8 Å². The van der Waals surface area contributed by atoms with E-state index in [0.717, 1.165) is 5.92 Å². The first-order chi connectivity index (χ1) is 5.70. The van der Waals surface area contributed by atoms with Gasteiger partial charge in [0.1, 0.15) is 0 Å². The van der Waals surface area contributed by atoms with Gasteiger partial charge in [0, 0.05) is 0 Å². The summed E-state index contributed by atoms with van der Waals surface area (Å²) in [5.41, 5.74) is 0. The first-order valence-electron chi connectivity index (χ1n) is 5.35. The van der Waals surface area contributed by atoms with Crippen molar-refractivity contribution in [3.05, 3.63) is 0 Å². The van der Waals surface area contributed by atoms with Gasteiger partial charge < -0.3 is 4.74 Å². The second-order valence-electron chi connectivity index (χ2n) is 4.29. The van der Waals surface area contributed by atoms with Crippen molar-refractivity contribution < 1.29 is 4.74 Å². The molecule has 0 aromatic carbocycles. The molecule has 0 N–H and O–H groups in total. The van der Waals surface area contributed by atoms with E-state index in [1.165, 1.54) is 32.1 Å². The van der Waals surface area contributed by atoms with Crippen molar-refractivity contribution in [2.24, 2.45) is 5.92 Å². The predicted octanol–water partition coefficient (Wildman–Crippen LogP) is 3.38. The Hall–Kier alpha value is -0.0400. The third-order valence-electron chi connectivity index (χ3n) is 2.91. The van der Waals surface area contributed by atoms with Crippen molar-refractivity contribution >= 4 is 0 Å². The van der Waals surface area contributed by atoms with Crippen LogP contribution in [0.5, 0.6) is 0 Å². The second-order valence-corrected chi connectivity index (χ2v) is 4.29. The van der Waals surface area contributed by atoms with Gasteiger partial charge in [0.05, 0.1) is 12.2 Å². The van der Waals surface area contributed by atoms with Crippen LogP contribution in [0.2, 0.25) is 0 Å². The highest BCUT2D eigenvalue weighted by Gasteiger charge is 2.27. The van der Waals surface area contributed by atoms with Crippen LogP contribution in [0.1, 0.15) is 52.9 Å². The van der Waals surface area contributed by atoms with E-state index in [4.69, 9.17) is 4.74 Å². The van der Waals surface area contributed by atoms with Crippen LogP contribution in [0.3, 0.4) is 0 Å². The first kappa shape index (κ1) is 10.0.